The van der Waals surface area contributed by atoms with E-state index in [0.29, 0.717) is 12.0 Å². The summed E-state index contributed by atoms with van der Waals surface area (Å²) >= 11 is 0. The standard InChI is InChI=1S/C32H46N4O.C2H6/c1-9-13-28-30(34)36(21-10-2)29(32(28,7)8)16-15-27(24-33)14-11-18-31(5,6)26(4)23-25(3)17-20-35-19-12-22-37;1-2/h9,11,13-17,20,22-23,35H,4,10,12,18-19,21,34H2,1-3,5-8H3;1-2H3/p+1/b13-9-,14-11+,20-17-,25-23-,27-15-,29-16+;. The first-order chi connectivity index (χ1) is 18.5. The molecule has 39 heavy (non-hydrogen) atoms. The summed E-state index contributed by atoms with van der Waals surface area (Å²) in [6.45, 7) is 24.7. The Balaban J connectivity index is 0.00000704. The van der Waals surface area contributed by atoms with Crippen molar-refractivity contribution in [2.24, 2.45) is 16.6 Å². The lowest BCUT2D eigenvalue weighted by molar-refractivity contribution is -0.586. The second-order valence-electron chi connectivity index (χ2n) is 10.6. The minimum atomic E-state index is -0.239. The quantitative estimate of drug-likeness (QED) is 0.109. The van der Waals surface area contributed by atoms with Crippen LogP contribution in [0.4, 0.5) is 0 Å². The van der Waals surface area contributed by atoms with Crippen molar-refractivity contribution < 1.29 is 10.1 Å². The van der Waals surface area contributed by atoms with Gasteiger partial charge in [0.2, 0.25) is 0 Å². The molecule has 0 saturated carbocycles. The molecule has 0 saturated heterocycles. The fraction of sp³-hybridized carbons (Fsp3) is 0.471. The second kappa shape index (κ2) is 18.0. The summed E-state index contributed by atoms with van der Waals surface area (Å²) in [5.74, 6) is 0.788. The van der Waals surface area contributed by atoms with Crippen LogP contribution in [-0.4, -0.2) is 24.3 Å². The van der Waals surface area contributed by atoms with Crippen LogP contribution in [0.2, 0.25) is 0 Å². The molecule has 0 aromatic heterocycles. The molecule has 5 nitrogen and oxygen atoms in total. The number of carbonyl (C=O) groups is 1. The fourth-order valence-electron chi connectivity index (χ4n) is 4.20. The molecule has 0 amide bonds. The molecule has 0 spiro atoms. The van der Waals surface area contributed by atoms with Gasteiger partial charge in [0.05, 0.1) is 30.8 Å². The smallest absolute Gasteiger partial charge is 0.125 e. The van der Waals surface area contributed by atoms with Gasteiger partial charge in [-0.15, -0.1) is 0 Å². The highest BCUT2D eigenvalue weighted by Gasteiger charge is 2.39. The number of aldehydes is 1. The number of allylic oxidation sites excluding steroid dienone is 12. The van der Waals surface area contributed by atoms with Crippen molar-refractivity contribution in [1.82, 2.24) is 4.90 Å². The Kier molecular flexibility index (Phi) is 16.5. The van der Waals surface area contributed by atoms with Gasteiger partial charge in [0.1, 0.15) is 12.1 Å². The van der Waals surface area contributed by atoms with Gasteiger partial charge in [-0.2, -0.15) is 5.26 Å². The van der Waals surface area contributed by atoms with Crippen molar-refractivity contribution in [3.63, 3.8) is 0 Å². The zero-order valence-corrected chi connectivity index (χ0v) is 26.0. The third kappa shape index (κ3) is 11.1. The molecule has 0 aromatic carbocycles. The van der Waals surface area contributed by atoms with E-state index in [1.807, 2.05) is 75.7 Å². The average molecular weight is 534 g/mol. The summed E-state index contributed by atoms with van der Waals surface area (Å²) in [4.78, 5) is 12.6. The number of quaternary nitrogens is 1. The van der Waals surface area contributed by atoms with Crippen LogP contribution < -0.4 is 11.1 Å². The summed E-state index contributed by atoms with van der Waals surface area (Å²) < 4.78 is 0. The Labute approximate surface area is 238 Å². The molecular formula is C34H53N4O+. The summed E-state index contributed by atoms with van der Waals surface area (Å²) in [7, 11) is 0. The van der Waals surface area contributed by atoms with Crippen LogP contribution in [0.5, 0.6) is 0 Å². The Hall–Kier alpha value is -3.36. The largest absolute Gasteiger partial charge is 0.385 e. The van der Waals surface area contributed by atoms with Gasteiger partial charge in [0.25, 0.3) is 0 Å². The molecular weight excluding hydrogens is 480 g/mol. The minimum Gasteiger partial charge on any atom is -0.385 e. The Bertz CT molecular complexity index is 1070. The van der Waals surface area contributed by atoms with Gasteiger partial charge >= 0.3 is 0 Å². The van der Waals surface area contributed by atoms with Crippen LogP contribution in [0.3, 0.4) is 0 Å². The zero-order valence-electron chi connectivity index (χ0n) is 26.0. The van der Waals surface area contributed by atoms with Gasteiger partial charge in [0.15, 0.2) is 0 Å². The van der Waals surface area contributed by atoms with Crippen molar-refractivity contribution in [2.45, 2.75) is 81.6 Å². The lowest BCUT2D eigenvalue weighted by Crippen LogP contribution is -2.78. The summed E-state index contributed by atoms with van der Waals surface area (Å²) in [5.41, 5.74) is 11.1. The Morgan fingerprint density at radius 1 is 1.26 bits per heavy atom. The third-order valence-electron chi connectivity index (χ3n) is 6.64. The van der Waals surface area contributed by atoms with Crippen molar-refractivity contribution in [2.75, 3.05) is 13.1 Å². The van der Waals surface area contributed by atoms with Crippen LogP contribution in [0, 0.1) is 22.2 Å². The lowest BCUT2D eigenvalue weighted by atomic mass is 9.81. The maximum absolute atomic E-state index is 10.4. The van der Waals surface area contributed by atoms with E-state index in [2.05, 4.69) is 64.3 Å². The molecule has 1 aliphatic heterocycles. The van der Waals surface area contributed by atoms with E-state index in [1.54, 1.807) is 0 Å². The van der Waals surface area contributed by atoms with Crippen molar-refractivity contribution in [3.8, 4) is 6.07 Å². The summed E-state index contributed by atoms with van der Waals surface area (Å²) in [5, 5.41) is 11.8. The number of nitriles is 1. The van der Waals surface area contributed by atoms with E-state index in [-0.39, 0.29) is 10.8 Å². The molecule has 1 rings (SSSR count). The number of hydrogen-bond acceptors (Lipinski definition) is 4. The number of nitrogens with two attached hydrogens (primary N) is 2. The fourth-order valence-corrected chi connectivity index (χ4v) is 4.20. The Morgan fingerprint density at radius 2 is 1.92 bits per heavy atom. The topological polar surface area (TPSA) is 86.7 Å². The van der Waals surface area contributed by atoms with E-state index in [1.165, 1.54) is 0 Å². The van der Waals surface area contributed by atoms with E-state index in [4.69, 9.17) is 5.73 Å². The first-order valence-corrected chi connectivity index (χ1v) is 14.2. The minimum absolute atomic E-state index is 0.156. The molecule has 0 unspecified atom stereocenters. The van der Waals surface area contributed by atoms with Gasteiger partial charge in [-0.1, -0.05) is 79.3 Å². The number of hydrogen-bond donors (Lipinski definition) is 2. The predicted octanol–water partition coefficient (Wildman–Crippen LogP) is 6.99. The molecule has 0 atom stereocenters. The number of carbonyl (C=O) groups excluding carboxylic acids is 1. The van der Waals surface area contributed by atoms with E-state index >= 15 is 0 Å². The van der Waals surface area contributed by atoms with Crippen molar-refractivity contribution in [3.05, 3.63) is 95.2 Å². The maximum atomic E-state index is 10.4. The van der Waals surface area contributed by atoms with Gasteiger partial charge in [0, 0.05) is 23.2 Å². The Morgan fingerprint density at radius 3 is 2.49 bits per heavy atom. The number of rotatable bonds is 14. The maximum Gasteiger partial charge on any atom is 0.125 e. The van der Waals surface area contributed by atoms with Crippen LogP contribution in [0.1, 0.15) is 81.6 Å². The molecule has 1 aliphatic rings. The normalized spacial score (nSPS) is 17.3. The van der Waals surface area contributed by atoms with E-state index in [0.717, 1.165) is 60.5 Å². The summed E-state index contributed by atoms with van der Waals surface area (Å²) in [6.07, 6.45) is 21.3. The van der Waals surface area contributed by atoms with E-state index < -0.39 is 0 Å². The predicted molar refractivity (Wildman–Crippen MR) is 167 cm³/mol. The first kappa shape index (κ1) is 35.6. The zero-order chi connectivity index (χ0) is 30.1. The first-order valence-electron chi connectivity index (χ1n) is 14.2. The molecule has 0 aliphatic carbocycles. The second-order valence-corrected chi connectivity index (χ2v) is 10.6. The van der Waals surface area contributed by atoms with Crippen LogP contribution >= 0.6 is 0 Å². The lowest BCUT2D eigenvalue weighted by Gasteiger charge is -2.28. The molecule has 0 aromatic rings. The molecule has 5 heteroatoms. The molecule has 0 fully saturated rings. The molecule has 0 bridgehead atoms. The molecule has 4 N–H and O–H groups in total. The van der Waals surface area contributed by atoms with Crippen LogP contribution in [0.25, 0.3) is 0 Å². The van der Waals surface area contributed by atoms with Gasteiger partial charge in [-0.05, 0) is 67.6 Å². The summed E-state index contributed by atoms with van der Waals surface area (Å²) in [6, 6.07) is 2.32. The molecule has 214 valence electrons. The highest BCUT2D eigenvalue weighted by Crippen LogP contribution is 2.46. The van der Waals surface area contributed by atoms with Crippen molar-refractivity contribution >= 4 is 6.29 Å². The highest BCUT2D eigenvalue weighted by atomic mass is 16.1. The molecule has 0 radical (unpaired) electrons. The molecule has 1 heterocycles. The average Bonchev–Trinajstić information content (AvgIpc) is 3.07. The highest BCUT2D eigenvalue weighted by molar-refractivity contribution is 5.49. The third-order valence-corrected chi connectivity index (χ3v) is 6.64. The van der Waals surface area contributed by atoms with E-state index in [9.17, 15) is 10.1 Å². The monoisotopic (exact) mass is 533 g/mol. The number of nitrogens with zero attached hydrogens (tertiary/aromatic N) is 2. The van der Waals surface area contributed by atoms with Gasteiger partial charge in [-0.25, -0.2) is 0 Å². The van der Waals surface area contributed by atoms with Crippen LogP contribution in [-0.2, 0) is 4.79 Å². The SMILES string of the molecule is C=C(/C=C(C)\C=C/[NH2+]CCC=O)C(C)(C)C/C=C/C(C#N)=C/C=C1/N(CCC)C(N)=C(/C=C\C)C1(C)C.CC. The van der Waals surface area contributed by atoms with Gasteiger partial charge in [-0.3, -0.25) is 0 Å². The van der Waals surface area contributed by atoms with Gasteiger partial charge < -0.3 is 20.7 Å². The van der Waals surface area contributed by atoms with Crippen LogP contribution in [0.15, 0.2) is 95.2 Å². The van der Waals surface area contributed by atoms with Crippen molar-refractivity contribution in [1.29, 1.82) is 5.26 Å².